The Hall–Kier alpha value is -5.16. The van der Waals surface area contributed by atoms with E-state index in [1.54, 1.807) is 60.7 Å². The van der Waals surface area contributed by atoms with Gasteiger partial charge in [0, 0.05) is 64.4 Å². The molecule has 0 bridgehead atoms. The first-order valence-corrected chi connectivity index (χ1v) is 26.1. The number of benzene rings is 4. The number of unbranched alkanes of at least 4 members (excludes halogenated alkanes) is 1. The van der Waals surface area contributed by atoms with Gasteiger partial charge in [-0.3, -0.25) is 28.8 Å². The third-order valence-electron chi connectivity index (χ3n) is 12.0. The number of esters is 1. The molecule has 18 nitrogen and oxygen atoms in total. The van der Waals surface area contributed by atoms with Crippen LogP contribution in [0.15, 0.2) is 84.9 Å². The van der Waals surface area contributed by atoms with E-state index in [9.17, 15) is 54.0 Å². The lowest BCUT2D eigenvalue weighted by molar-refractivity contribution is -0.286. The van der Waals surface area contributed by atoms with Crippen molar-refractivity contribution in [1.82, 2.24) is 5.32 Å². The van der Waals surface area contributed by atoms with E-state index < -0.39 is 84.3 Å². The van der Waals surface area contributed by atoms with E-state index in [1.807, 2.05) is 24.3 Å². The van der Waals surface area contributed by atoms with E-state index in [-0.39, 0.29) is 49.4 Å². The van der Waals surface area contributed by atoms with Crippen LogP contribution in [-0.2, 0) is 68.7 Å². The number of ether oxygens (including phenoxy) is 2. The van der Waals surface area contributed by atoms with E-state index in [1.165, 1.54) is 0 Å². The lowest BCUT2D eigenvalue weighted by atomic mass is 9.91. The molecule has 0 aromatic heterocycles. The maximum Gasteiger partial charge on any atom is 0.335 e. The number of nitrogens with two attached hydrogens (primary N) is 2. The summed E-state index contributed by atoms with van der Waals surface area (Å²) in [7, 11) is 0. The number of carboxylic acids is 3. The summed E-state index contributed by atoms with van der Waals surface area (Å²) in [5.74, 6) is -6.22. The van der Waals surface area contributed by atoms with Crippen molar-refractivity contribution in [2.45, 2.75) is 113 Å². The van der Waals surface area contributed by atoms with Crippen LogP contribution < -0.4 is 16.8 Å². The van der Waals surface area contributed by atoms with Crippen LogP contribution in [-0.4, -0.2) is 126 Å². The number of hydrogen-bond acceptors (Lipinski definition) is 15. The molecule has 1 heterocycles. The van der Waals surface area contributed by atoms with Gasteiger partial charge >= 0.3 is 23.9 Å². The van der Waals surface area contributed by atoms with Gasteiger partial charge in [0.1, 0.15) is 24.4 Å². The Bertz CT molecular complexity index is 2590. The van der Waals surface area contributed by atoms with Crippen LogP contribution in [0.1, 0.15) is 78.3 Å². The first-order chi connectivity index (χ1) is 35.6. The van der Waals surface area contributed by atoms with Crippen molar-refractivity contribution < 1.29 is 73.7 Å². The van der Waals surface area contributed by atoms with Crippen LogP contribution in [0, 0.1) is 5.92 Å². The molecule has 8 unspecified atom stereocenters. The Labute approximate surface area is 457 Å². The van der Waals surface area contributed by atoms with Gasteiger partial charge in [0.2, 0.25) is 12.2 Å². The van der Waals surface area contributed by atoms with E-state index in [0.717, 1.165) is 34.0 Å². The Morgan fingerprint density at radius 3 is 1.68 bits per heavy atom. The number of aliphatic hydroxyl groups is 3. The predicted molar refractivity (Wildman–Crippen MR) is 282 cm³/mol. The van der Waals surface area contributed by atoms with Gasteiger partial charge in [-0.25, -0.2) is 4.79 Å². The SMILES string of the molecule is NCCCCC(CC(=O)O)CC(=O)C(CSC(=O)Cc1ccccc1Cc1c(Cl)cccc1Cl)NC(=O)CCC(N)C(=O)O.O=C(Cc1ccccc1Cc1c(Cl)cccc1Cl)OC1OC(C(=O)O)C(O)C(O)C1O. The molecule has 4 aromatic rings. The molecule has 1 amide bonds. The number of carbonyl (C=O) groups is 7. The summed E-state index contributed by atoms with van der Waals surface area (Å²) >= 11 is 26.1. The van der Waals surface area contributed by atoms with Crippen molar-refractivity contribution in [3.8, 4) is 0 Å². The molecule has 5 rings (SSSR count). The summed E-state index contributed by atoms with van der Waals surface area (Å²) in [5, 5.41) is 61.3. The minimum absolute atomic E-state index is 0.0476. The molecule has 1 saturated heterocycles. The smallest absolute Gasteiger partial charge is 0.335 e. The summed E-state index contributed by atoms with van der Waals surface area (Å²) in [6.45, 7) is 0.443. The fourth-order valence-corrected chi connectivity index (χ4v) is 9.81. The number of aliphatic hydroxyl groups excluding tert-OH is 3. The summed E-state index contributed by atoms with van der Waals surface area (Å²) in [6.07, 6.45) is -7.44. The summed E-state index contributed by atoms with van der Waals surface area (Å²) in [5.41, 5.74) is 15.5. The Kier molecular flexibility index (Phi) is 25.9. The number of aliphatic carboxylic acids is 3. The van der Waals surface area contributed by atoms with Crippen molar-refractivity contribution >= 4 is 98.8 Å². The van der Waals surface area contributed by atoms with Gasteiger partial charge in [-0.1, -0.05) is 125 Å². The van der Waals surface area contributed by atoms with Gasteiger partial charge in [0.15, 0.2) is 17.0 Å². The number of ketones is 1. The highest BCUT2D eigenvalue weighted by atomic mass is 35.5. The molecule has 1 aliphatic rings. The number of carbonyl (C=O) groups excluding carboxylic acids is 4. The lowest BCUT2D eigenvalue weighted by Gasteiger charge is -2.37. The molecule has 0 aliphatic carbocycles. The number of Topliss-reactive ketones (excluding diaryl/α,β-unsaturated/α-hetero) is 1. The zero-order valence-electron chi connectivity index (χ0n) is 40.3. The van der Waals surface area contributed by atoms with Crippen LogP contribution >= 0.6 is 58.2 Å². The Balaban J connectivity index is 0.000000343. The third-order valence-corrected chi connectivity index (χ3v) is 14.4. The molecule has 0 spiro atoms. The van der Waals surface area contributed by atoms with Gasteiger partial charge in [-0.05, 0) is 89.4 Å². The summed E-state index contributed by atoms with van der Waals surface area (Å²) < 4.78 is 10.0. The molecule has 1 aliphatic heterocycles. The van der Waals surface area contributed by atoms with E-state index in [0.29, 0.717) is 69.9 Å². The fourth-order valence-electron chi connectivity index (χ4n) is 7.87. The lowest BCUT2D eigenvalue weighted by Crippen LogP contribution is -2.60. The average Bonchev–Trinajstić information content (AvgIpc) is 3.35. The maximum absolute atomic E-state index is 13.3. The predicted octanol–water partition coefficient (Wildman–Crippen LogP) is 5.80. The van der Waals surface area contributed by atoms with E-state index in [2.05, 4.69) is 5.32 Å². The molecule has 0 saturated carbocycles. The minimum Gasteiger partial charge on any atom is -0.481 e. The number of hydrogen-bond donors (Lipinski definition) is 9. The van der Waals surface area contributed by atoms with Gasteiger partial charge in [-0.2, -0.15) is 0 Å². The standard InChI is InChI=1S/C31H39Cl2N3O7S.C21H20Cl2O8/c32-23-9-5-10-24(33)22(23)16-20-7-1-2-8-21(20)17-30(41)44-18-26(36-28(38)12-11-25(35)31(42)43)27(37)14-19(15-29(39)40)6-3-4-13-34;22-13-6-3-7-14(23)12(13)8-10-4-1-2-5-11(10)9-15(24)30-21-18(27)16(25)17(26)19(31-21)20(28)29/h1-2,5,7-10,19,25-26H,3-4,6,11-18,34-35H2,(H,36,38)(H,39,40)(H,42,43);1-7,16-19,21,25-27H,8-9H2,(H,28,29). The van der Waals surface area contributed by atoms with Gasteiger partial charge in [0.25, 0.3) is 0 Å². The highest BCUT2D eigenvalue weighted by molar-refractivity contribution is 8.13. The molecular weight excluding hydrogens is 1080 g/mol. The molecule has 406 valence electrons. The van der Waals surface area contributed by atoms with Crippen molar-refractivity contribution in [3.05, 3.63) is 138 Å². The molecule has 23 heteroatoms. The average molecular weight is 1140 g/mol. The third kappa shape index (κ3) is 20.1. The highest BCUT2D eigenvalue weighted by Crippen LogP contribution is 2.31. The Morgan fingerprint density at radius 2 is 1.19 bits per heavy atom. The van der Waals surface area contributed by atoms with Crippen LogP contribution in [0.4, 0.5) is 0 Å². The monoisotopic (exact) mass is 1140 g/mol. The van der Waals surface area contributed by atoms with Crippen LogP contribution in [0.5, 0.6) is 0 Å². The quantitative estimate of drug-likeness (QED) is 0.0265. The van der Waals surface area contributed by atoms with Crippen molar-refractivity contribution in [2.24, 2.45) is 17.4 Å². The number of rotatable bonds is 26. The van der Waals surface area contributed by atoms with Gasteiger partial charge in [0.05, 0.1) is 12.5 Å². The second-order valence-corrected chi connectivity index (χ2v) is 20.3. The zero-order chi connectivity index (χ0) is 55.4. The number of amides is 1. The number of thioether (sulfide) groups is 1. The van der Waals surface area contributed by atoms with Crippen LogP contribution in [0.25, 0.3) is 0 Å². The van der Waals surface area contributed by atoms with Crippen molar-refractivity contribution in [1.29, 1.82) is 0 Å². The van der Waals surface area contributed by atoms with E-state index in [4.69, 9.17) is 77.6 Å². The van der Waals surface area contributed by atoms with Gasteiger partial charge < -0.3 is 56.9 Å². The molecule has 75 heavy (non-hydrogen) atoms. The van der Waals surface area contributed by atoms with Gasteiger partial charge in [-0.15, -0.1) is 0 Å². The summed E-state index contributed by atoms with van der Waals surface area (Å²) in [6, 6.07) is 22.5. The fraction of sp³-hybridized carbons (Fsp3) is 0.404. The number of nitrogens with one attached hydrogen (secondary N) is 1. The largest absolute Gasteiger partial charge is 0.481 e. The molecule has 4 aromatic carbocycles. The second-order valence-electron chi connectivity index (χ2n) is 17.6. The number of carboxylic acid groups (broad SMARTS) is 3. The first kappa shape index (κ1) is 62.4. The molecular formula is C52H59Cl4N3O15S. The minimum atomic E-state index is -1.87. The summed E-state index contributed by atoms with van der Waals surface area (Å²) in [4.78, 5) is 85.2. The van der Waals surface area contributed by atoms with Crippen LogP contribution in [0.3, 0.4) is 0 Å². The highest BCUT2D eigenvalue weighted by Gasteiger charge is 2.48. The molecule has 1 fully saturated rings. The second kappa shape index (κ2) is 31.2. The molecule has 8 atom stereocenters. The van der Waals surface area contributed by atoms with Crippen molar-refractivity contribution in [2.75, 3.05) is 12.3 Å². The normalized spacial score (nSPS) is 18.3. The van der Waals surface area contributed by atoms with Crippen LogP contribution in [0.2, 0.25) is 20.1 Å². The van der Waals surface area contributed by atoms with E-state index >= 15 is 0 Å². The maximum atomic E-state index is 13.3. The zero-order valence-corrected chi connectivity index (χ0v) is 44.2. The number of halogens is 4. The topological polar surface area (TPSA) is 323 Å². The molecule has 0 radical (unpaired) electrons. The molecule has 11 N–H and O–H groups in total. The van der Waals surface area contributed by atoms with Crippen molar-refractivity contribution in [3.63, 3.8) is 0 Å². The first-order valence-electron chi connectivity index (χ1n) is 23.6. The Morgan fingerprint density at radius 1 is 0.667 bits per heavy atom.